The van der Waals surface area contributed by atoms with E-state index in [1.54, 1.807) is 23.7 Å². The Morgan fingerprint density at radius 1 is 1.53 bits per heavy atom. The number of benzene rings is 1. The van der Waals surface area contributed by atoms with E-state index < -0.39 is 6.04 Å². The third-order valence-corrected chi connectivity index (χ3v) is 3.31. The predicted octanol–water partition coefficient (Wildman–Crippen LogP) is 2.04. The summed E-state index contributed by atoms with van der Waals surface area (Å²) in [6, 6.07) is 7.45. The number of hydrogen-bond donors (Lipinski definition) is 1. The van der Waals surface area contributed by atoms with Crippen LogP contribution in [0.2, 0.25) is 0 Å². The fourth-order valence-electron chi connectivity index (χ4n) is 1.58. The van der Waals surface area contributed by atoms with Crippen LogP contribution in [0.5, 0.6) is 0 Å². The van der Waals surface area contributed by atoms with Gasteiger partial charge in [0.15, 0.2) is 0 Å². The molecule has 0 bridgehead atoms. The van der Waals surface area contributed by atoms with Gasteiger partial charge in [0.25, 0.3) is 0 Å². The van der Waals surface area contributed by atoms with Gasteiger partial charge in [0.1, 0.15) is 0 Å². The average molecular weight is 252 g/mol. The minimum absolute atomic E-state index is 0.0235. The second-order valence-electron chi connectivity index (χ2n) is 4.12. The van der Waals surface area contributed by atoms with Gasteiger partial charge >= 0.3 is 0 Å². The Balaban J connectivity index is 2.69. The zero-order valence-electron chi connectivity index (χ0n) is 10.6. The van der Waals surface area contributed by atoms with Gasteiger partial charge in [-0.15, -0.1) is 0 Å². The van der Waals surface area contributed by atoms with Gasteiger partial charge < -0.3 is 10.6 Å². The highest BCUT2D eigenvalue weighted by molar-refractivity contribution is 7.98. The summed E-state index contributed by atoms with van der Waals surface area (Å²) in [7, 11) is 1.77. The van der Waals surface area contributed by atoms with Crippen molar-refractivity contribution in [3.63, 3.8) is 0 Å². The molecule has 17 heavy (non-hydrogen) atoms. The number of nitrogens with two attached hydrogens (primary N) is 1. The largest absolute Gasteiger partial charge is 0.320 e. The minimum atomic E-state index is -0.409. The molecule has 1 atom stereocenters. The van der Waals surface area contributed by atoms with Crippen molar-refractivity contribution >= 4 is 23.4 Å². The van der Waals surface area contributed by atoms with E-state index in [2.05, 4.69) is 0 Å². The number of aryl methyl sites for hydroxylation is 1. The molecule has 0 radical (unpaired) electrons. The molecule has 0 aromatic heterocycles. The molecule has 3 nitrogen and oxygen atoms in total. The van der Waals surface area contributed by atoms with Crippen molar-refractivity contribution in [3.05, 3.63) is 29.8 Å². The third kappa shape index (κ3) is 4.06. The number of likely N-dealkylation sites (N-methyl/N-ethyl adjacent to an activating group) is 1. The van der Waals surface area contributed by atoms with E-state index in [-0.39, 0.29) is 5.91 Å². The second kappa shape index (κ2) is 6.67. The number of thioether (sulfide) groups is 1. The van der Waals surface area contributed by atoms with Crippen LogP contribution in [0.4, 0.5) is 5.69 Å². The normalized spacial score (nSPS) is 12.2. The van der Waals surface area contributed by atoms with E-state index in [0.29, 0.717) is 0 Å². The Morgan fingerprint density at radius 2 is 2.24 bits per heavy atom. The molecule has 1 aromatic carbocycles. The maximum Gasteiger partial charge on any atom is 0.243 e. The highest BCUT2D eigenvalue weighted by atomic mass is 32.2. The van der Waals surface area contributed by atoms with Gasteiger partial charge in [-0.05, 0) is 43.0 Å². The van der Waals surface area contributed by atoms with Gasteiger partial charge in [0.05, 0.1) is 6.04 Å². The van der Waals surface area contributed by atoms with Gasteiger partial charge in [0.2, 0.25) is 5.91 Å². The lowest BCUT2D eigenvalue weighted by Crippen LogP contribution is -2.42. The molecule has 0 unspecified atom stereocenters. The molecule has 0 aliphatic rings. The zero-order chi connectivity index (χ0) is 12.8. The van der Waals surface area contributed by atoms with Gasteiger partial charge in [-0.25, -0.2) is 0 Å². The first-order chi connectivity index (χ1) is 8.06. The van der Waals surface area contributed by atoms with Gasteiger partial charge in [-0.1, -0.05) is 12.1 Å². The Kier molecular flexibility index (Phi) is 5.51. The number of amides is 1. The average Bonchev–Trinajstić information content (AvgIpc) is 2.34. The number of hydrogen-bond acceptors (Lipinski definition) is 3. The van der Waals surface area contributed by atoms with Crippen LogP contribution in [-0.2, 0) is 4.79 Å². The SMILES string of the molecule is CSCC[C@@H](N)C(=O)N(C)c1cccc(C)c1. The highest BCUT2D eigenvalue weighted by Gasteiger charge is 2.18. The first-order valence-corrected chi connectivity index (χ1v) is 7.04. The van der Waals surface area contributed by atoms with E-state index in [1.165, 1.54) is 0 Å². The minimum Gasteiger partial charge on any atom is -0.320 e. The molecule has 0 saturated heterocycles. The summed E-state index contributed by atoms with van der Waals surface area (Å²) < 4.78 is 0. The maximum atomic E-state index is 12.1. The molecule has 1 amide bonds. The van der Waals surface area contributed by atoms with Crippen molar-refractivity contribution in [3.8, 4) is 0 Å². The van der Waals surface area contributed by atoms with Crippen molar-refractivity contribution in [1.29, 1.82) is 0 Å². The van der Waals surface area contributed by atoms with Crippen molar-refractivity contribution in [2.45, 2.75) is 19.4 Å². The number of rotatable bonds is 5. The monoisotopic (exact) mass is 252 g/mol. The molecule has 1 aromatic rings. The van der Waals surface area contributed by atoms with Crippen LogP contribution in [-0.4, -0.2) is 31.0 Å². The van der Waals surface area contributed by atoms with Crippen LogP contribution in [0, 0.1) is 6.92 Å². The highest BCUT2D eigenvalue weighted by Crippen LogP contribution is 2.15. The molecule has 94 valence electrons. The first kappa shape index (κ1) is 14.1. The Bertz CT molecular complexity index is 381. The maximum absolute atomic E-state index is 12.1. The third-order valence-electron chi connectivity index (χ3n) is 2.67. The lowest BCUT2D eigenvalue weighted by atomic mass is 10.1. The van der Waals surface area contributed by atoms with E-state index >= 15 is 0 Å². The predicted molar refractivity (Wildman–Crippen MR) is 75.6 cm³/mol. The number of carbonyl (C=O) groups excluding carboxylic acids is 1. The van der Waals surface area contributed by atoms with Crippen LogP contribution in [0.25, 0.3) is 0 Å². The van der Waals surface area contributed by atoms with E-state index in [1.807, 2.05) is 37.4 Å². The standard InChI is InChI=1S/C13H20N2OS/c1-10-5-4-6-11(9-10)15(2)13(16)12(14)7-8-17-3/h4-6,9,12H,7-8,14H2,1-3H3/t12-/m1/s1. The molecule has 0 fully saturated rings. The summed E-state index contributed by atoms with van der Waals surface area (Å²) in [5.74, 6) is 0.888. The summed E-state index contributed by atoms with van der Waals surface area (Å²) in [5.41, 5.74) is 7.91. The first-order valence-electron chi connectivity index (χ1n) is 5.65. The zero-order valence-corrected chi connectivity index (χ0v) is 11.5. The molecule has 0 saturated carbocycles. The molecule has 0 aliphatic heterocycles. The summed E-state index contributed by atoms with van der Waals surface area (Å²) in [5, 5.41) is 0. The summed E-state index contributed by atoms with van der Waals surface area (Å²) >= 11 is 1.71. The molecule has 0 heterocycles. The van der Waals surface area contributed by atoms with Crippen molar-refractivity contribution in [2.24, 2.45) is 5.73 Å². The lowest BCUT2D eigenvalue weighted by Gasteiger charge is -2.21. The van der Waals surface area contributed by atoms with Crippen molar-refractivity contribution in [2.75, 3.05) is 24.0 Å². The molecule has 4 heteroatoms. The van der Waals surface area contributed by atoms with Crippen LogP contribution < -0.4 is 10.6 Å². The fraction of sp³-hybridized carbons (Fsp3) is 0.462. The molecular formula is C13H20N2OS. The smallest absolute Gasteiger partial charge is 0.243 e. The van der Waals surface area contributed by atoms with Gasteiger partial charge in [-0.2, -0.15) is 11.8 Å². The van der Waals surface area contributed by atoms with Crippen LogP contribution >= 0.6 is 11.8 Å². The Hall–Kier alpha value is -1.00. The van der Waals surface area contributed by atoms with Crippen LogP contribution in [0.15, 0.2) is 24.3 Å². The van der Waals surface area contributed by atoms with Crippen LogP contribution in [0.3, 0.4) is 0 Å². The van der Waals surface area contributed by atoms with Gasteiger partial charge in [-0.3, -0.25) is 4.79 Å². The molecular weight excluding hydrogens is 232 g/mol. The van der Waals surface area contributed by atoms with Crippen molar-refractivity contribution < 1.29 is 4.79 Å². The summed E-state index contributed by atoms with van der Waals surface area (Å²) in [4.78, 5) is 13.7. The Labute approximate surface area is 107 Å². The number of carbonyl (C=O) groups is 1. The molecule has 0 aliphatic carbocycles. The van der Waals surface area contributed by atoms with Crippen LogP contribution in [0.1, 0.15) is 12.0 Å². The van der Waals surface area contributed by atoms with E-state index in [9.17, 15) is 4.79 Å². The quantitative estimate of drug-likeness (QED) is 0.872. The van der Waals surface area contributed by atoms with E-state index in [0.717, 1.165) is 23.4 Å². The van der Waals surface area contributed by atoms with E-state index in [4.69, 9.17) is 5.73 Å². The number of anilines is 1. The number of nitrogens with zero attached hydrogens (tertiary/aromatic N) is 1. The molecule has 0 spiro atoms. The molecule has 2 N–H and O–H groups in total. The fourth-order valence-corrected chi connectivity index (χ4v) is 2.07. The van der Waals surface area contributed by atoms with Crippen molar-refractivity contribution in [1.82, 2.24) is 0 Å². The Morgan fingerprint density at radius 3 is 2.82 bits per heavy atom. The second-order valence-corrected chi connectivity index (χ2v) is 5.11. The van der Waals surface area contributed by atoms with Gasteiger partial charge in [0, 0.05) is 12.7 Å². The topological polar surface area (TPSA) is 46.3 Å². The lowest BCUT2D eigenvalue weighted by molar-refractivity contribution is -0.119. The molecule has 1 rings (SSSR count). The summed E-state index contributed by atoms with van der Waals surface area (Å²) in [6.45, 7) is 2.01. The summed E-state index contributed by atoms with van der Waals surface area (Å²) in [6.07, 6.45) is 2.73.